The molecule has 0 bridgehead atoms. The second kappa shape index (κ2) is 10.6. The second-order valence-corrected chi connectivity index (χ2v) is 8.88. The largest absolute Gasteiger partial charge is 0.385 e. The SMILES string of the molecule is COCCCN(CCC(=O)Nc1ccc(N2CCCCC2)cc1)S(C)(=O)=O. The number of piperidine rings is 1. The van der Waals surface area contributed by atoms with Gasteiger partial charge < -0.3 is 15.0 Å². The number of amides is 1. The van der Waals surface area contributed by atoms with E-state index in [9.17, 15) is 13.2 Å². The number of ether oxygens (including phenoxy) is 1. The van der Waals surface area contributed by atoms with Gasteiger partial charge in [0.05, 0.1) is 6.26 Å². The molecule has 0 aromatic heterocycles. The van der Waals surface area contributed by atoms with Gasteiger partial charge in [-0.05, 0) is 49.9 Å². The lowest BCUT2D eigenvalue weighted by Gasteiger charge is -2.28. The first-order valence-electron chi connectivity index (χ1n) is 9.49. The van der Waals surface area contributed by atoms with E-state index in [1.54, 1.807) is 7.11 Å². The topological polar surface area (TPSA) is 79.0 Å². The molecule has 1 aliphatic heterocycles. The molecule has 8 heteroatoms. The maximum atomic E-state index is 12.2. The highest BCUT2D eigenvalue weighted by Gasteiger charge is 2.17. The third-order valence-electron chi connectivity index (χ3n) is 4.69. The summed E-state index contributed by atoms with van der Waals surface area (Å²) >= 11 is 0. The van der Waals surface area contributed by atoms with Crippen molar-refractivity contribution in [1.82, 2.24) is 4.31 Å². The molecule has 1 aromatic rings. The molecule has 27 heavy (non-hydrogen) atoms. The summed E-state index contributed by atoms with van der Waals surface area (Å²) in [6.07, 6.45) is 5.62. The Morgan fingerprint density at radius 2 is 1.81 bits per heavy atom. The van der Waals surface area contributed by atoms with Crippen LogP contribution in [0.15, 0.2) is 24.3 Å². The maximum Gasteiger partial charge on any atom is 0.225 e. The van der Waals surface area contributed by atoms with Crippen LogP contribution in [0.1, 0.15) is 32.1 Å². The van der Waals surface area contributed by atoms with Gasteiger partial charge in [0, 0.05) is 57.7 Å². The predicted octanol–water partition coefficient (Wildman–Crippen LogP) is 2.30. The van der Waals surface area contributed by atoms with E-state index in [4.69, 9.17) is 4.74 Å². The Bertz CT molecular complexity index is 685. The Kier molecular flexibility index (Phi) is 8.53. The second-order valence-electron chi connectivity index (χ2n) is 6.90. The van der Waals surface area contributed by atoms with Crippen molar-refractivity contribution in [3.63, 3.8) is 0 Å². The summed E-state index contributed by atoms with van der Waals surface area (Å²) in [5.74, 6) is -0.193. The van der Waals surface area contributed by atoms with Crippen molar-refractivity contribution in [2.45, 2.75) is 32.1 Å². The molecule has 2 rings (SSSR count). The van der Waals surface area contributed by atoms with Gasteiger partial charge in [-0.25, -0.2) is 12.7 Å². The number of carbonyl (C=O) groups excluding carboxylic acids is 1. The molecule has 1 amide bonds. The van der Waals surface area contributed by atoms with Crippen LogP contribution in [0, 0.1) is 0 Å². The summed E-state index contributed by atoms with van der Waals surface area (Å²) < 4.78 is 29.9. The summed E-state index contributed by atoms with van der Waals surface area (Å²) in [7, 11) is -1.76. The number of sulfonamides is 1. The van der Waals surface area contributed by atoms with Crippen molar-refractivity contribution in [2.75, 3.05) is 56.4 Å². The first-order valence-corrected chi connectivity index (χ1v) is 11.3. The number of nitrogens with zero attached hydrogens (tertiary/aromatic N) is 2. The number of rotatable bonds is 10. The van der Waals surface area contributed by atoms with Crippen LogP contribution < -0.4 is 10.2 Å². The van der Waals surface area contributed by atoms with Crippen molar-refractivity contribution >= 4 is 27.3 Å². The molecule has 1 fully saturated rings. The summed E-state index contributed by atoms with van der Waals surface area (Å²) in [6.45, 7) is 3.17. The normalized spacial score (nSPS) is 15.1. The zero-order valence-corrected chi connectivity index (χ0v) is 17.1. The Morgan fingerprint density at radius 3 is 2.41 bits per heavy atom. The van der Waals surface area contributed by atoms with E-state index >= 15 is 0 Å². The van der Waals surface area contributed by atoms with Crippen molar-refractivity contribution < 1.29 is 17.9 Å². The number of nitrogens with one attached hydrogen (secondary N) is 1. The number of anilines is 2. The predicted molar refractivity (Wildman–Crippen MR) is 109 cm³/mol. The molecule has 0 aliphatic carbocycles. The average Bonchev–Trinajstić information content (AvgIpc) is 2.65. The van der Waals surface area contributed by atoms with Crippen molar-refractivity contribution in [2.24, 2.45) is 0 Å². The Labute approximate surface area is 162 Å². The maximum absolute atomic E-state index is 12.2. The third-order valence-corrected chi connectivity index (χ3v) is 5.99. The lowest BCUT2D eigenvalue weighted by atomic mass is 10.1. The quantitative estimate of drug-likeness (QED) is 0.613. The molecular formula is C19H31N3O4S. The van der Waals surface area contributed by atoms with Crippen LogP contribution in [-0.4, -0.2) is 64.8 Å². The minimum Gasteiger partial charge on any atom is -0.385 e. The van der Waals surface area contributed by atoms with Gasteiger partial charge in [-0.3, -0.25) is 4.79 Å². The molecule has 0 unspecified atom stereocenters. The van der Waals surface area contributed by atoms with Gasteiger partial charge in [-0.1, -0.05) is 0 Å². The van der Waals surface area contributed by atoms with Crippen molar-refractivity contribution in [3.8, 4) is 0 Å². The molecule has 1 aromatic carbocycles. The molecule has 1 N–H and O–H groups in total. The van der Waals surface area contributed by atoms with Crippen LogP contribution in [-0.2, 0) is 19.6 Å². The van der Waals surface area contributed by atoms with Gasteiger partial charge in [0.1, 0.15) is 0 Å². The van der Waals surface area contributed by atoms with E-state index < -0.39 is 10.0 Å². The van der Waals surface area contributed by atoms with Crippen LogP contribution >= 0.6 is 0 Å². The standard InChI is InChI=1S/C19H31N3O4S/c1-26-16-6-14-22(27(2,24)25)15-11-19(23)20-17-7-9-18(10-8-17)21-12-4-3-5-13-21/h7-10H,3-6,11-16H2,1-2H3,(H,20,23). The summed E-state index contributed by atoms with van der Waals surface area (Å²) in [6, 6.07) is 7.84. The highest BCUT2D eigenvalue weighted by molar-refractivity contribution is 7.88. The number of carbonyl (C=O) groups is 1. The van der Waals surface area contributed by atoms with Gasteiger partial charge in [0.25, 0.3) is 0 Å². The number of benzene rings is 1. The van der Waals surface area contributed by atoms with E-state index in [2.05, 4.69) is 10.2 Å². The fourth-order valence-electron chi connectivity index (χ4n) is 3.19. The Balaban J connectivity index is 1.83. The molecule has 0 saturated carbocycles. The van der Waals surface area contributed by atoms with Crippen LogP contribution in [0.5, 0.6) is 0 Å². The van der Waals surface area contributed by atoms with Gasteiger partial charge in [-0.2, -0.15) is 0 Å². The monoisotopic (exact) mass is 397 g/mol. The van der Waals surface area contributed by atoms with Crippen LogP contribution in [0.2, 0.25) is 0 Å². The van der Waals surface area contributed by atoms with Crippen LogP contribution in [0.3, 0.4) is 0 Å². The van der Waals surface area contributed by atoms with E-state index in [0.29, 0.717) is 19.6 Å². The minimum absolute atomic E-state index is 0.119. The molecule has 1 aliphatic rings. The lowest BCUT2D eigenvalue weighted by Crippen LogP contribution is -2.34. The summed E-state index contributed by atoms with van der Waals surface area (Å²) in [5, 5.41) is 2.84. The molecule has 0 spiro atoms. The number of hydrogen-bond donors (Lipinski definition) is 1. The van der Waals surface area contributed by atoms with Gasteiger partial charge in [-0.15, -0.1) is 0 Å². The average molecular weight is 398 g/mol. The van der Waals surface area contributed by atoms with Gasteiger partial charge >= 0.3 is 0 Å². The zero-order valence-electron chi connectivity index (χ0n) is 16.3. The van der Waals surface area contributed by atoms with E-state index in [1.165, 1.54) is 29.3 Å². The first-order chi connectivity index (χ1) is 12.9. The molecule has 0 atom stereocenters. The molecule has 1 saturated heterocycles. The van der Waals surface area contributed by atoms with Gasteiger partial charge in [0.15, 0.2) is 0 Å². The van der Waals surface area contributed by atoms with E-state index in [-0.39, 0.29) is 18.9 Å². The molecule has 7 nitrogen and oxygen atoms in total. The van der Waals surface area contributed by atoms with Gasteiger partial charge in [0.2, 0.25) is 15.9 Å². The Hall–Kier alpha value is -1.64. The highest BCUT2D eigenvalue weighted by atomic mass is 32.2. The Morgan fingerprint density at radius 1 is 1.15 bits per heavy atom. The van der Waals surface area contributed by atoms with E-state index in [0.717, 1.165) is 25.0 Å². The fraction of sp³-hybridized carbons (Fsp3) is 0.632. The smallest absolute Gasteiger partial charge is 0.225 e. The van der Waals surface area contributed by atoms with Crippen molar-refractivity contribution in [1.29, 1.82) is 0 Å². The van der Waals surface area contributed by atoms with E-state index in [1.807, 2.05) is 24.3 Å². The zero-order chi connectivity index (χ0) is 19.7. The first kappa shape index (κ1) is 21.7. The third kappa shape index (κ3) is 7.48. The number of methoxy groups -OCH3 is 1. The van der Waals surface area contributed by atoms with Crippen molar-refractivity contribution in [3.05, 3.63) is 24.3 Å². The molecule has 152 valence electrons. The molecule has 0 radical (unpaired) electrons. The summed E-state index contributed by atoms with van der Waals surface area (Å²) in [5.41, 5.74) is 1.90. The number of hydrogen-bond acceptors (Lipinski definition) is 5. The minimum atomic E-state index is -3.34. The van der Waals surface area contributed by atoms with Crippen LogP contribution in [0.4, 0.5) is 11.4 Å². The molecule has 1 heterocycles. The fourth-order valence-corrected chi connectivity index (χ4v) is 4.07. The highest BCUT2D eigenvalue weighted by Crippen LogP contribution is 2.21. The summed E-state index contributed by atoms with van der Waals surface area (Å²) in [4.78, 5) is 14.6. The molecular weight excluding hydrogens is 366 g/mol. The van der Waals surface area contributed by atoms with Crippen LogP contribution in [0.25, 0.3) is 0 Å². The lowest BCUT2D eigenvalue weighted by molar-refractivity contribution is -0.116.